The van der Waals surface area contributed by atoms with Crippen LogP contribution in [0.2, 0.25) is 0 Å². The molecule has 0 atom stereocenters. The second-order valence-corrected chi connectivity index (χ2v) is 6.49. The third-order valence-corrected chi connectivity index (χ3v) is 4.55. The lowest BCUT2D eigenvalue weighted by Crippen LogP contribution is -2.35. The molecule has 1 fully saturated rings. The van der Waals surface area contributed by atoms with Gasteiger partial charge in [0.15, 0.2) is 0 Å². The zero-order valence-corrected chi connectivity index (χ0v) is 11.7. The number of rotatable bonds is 3. The molecule has 0 aromatic heterocycles. The number of carbonyl (C=O) groups excluding carboxylic acids is 1. The summed E-state index contributed by atoms with van der Waals surface area (Å²) in [5, 5.41) is 5.02. The molecule has 1 aromatic carbocycles. The van der Waals surface area contributed by atoms with E-state index in [4.69, 9.17) is 5.14 Å². The van der Waals surface area contributed by atoms with Crippen LogP contribution in [0, 0.1) is 0 Å². The third kappa shape index (κ3) is 3.13. The van der Waals surface area contributed by atoms with Gasteiger partial charge in [-0.3, -0.25) is 4.79 Å². The lowest BCUT2D eigenvalue weighted by Gasteiger charge is -2.24. The van der Waals surface area contributed by atoms with E-state index in [9.17, 15) is 13.2 Å². The maximum Gasteiger partial charge on any atom is 0.253 e. The Balaban J connectivity index is 2.15. The van der Waals surface area contributed by atoms with Crippen molar-refractivity contribution in [2.45, 2.75) is 36.6 Å². The third-order valence-electron chi connectivity index (χ3n) is 3.62. The Labute approximate surface area is 113 Å². The van der Waals surface area contributed by atoms with Crippen molar-refractivity contribution in [3.63, 3.8) is 0 Å². The highest BCUT2D eigenvalue weighted by molar-refractivity contribution is 7.89. The topological polar surface area (TPSA) is 80.5 Å². The fourth-order valence-corrected chi connectivity index (χ4v) is 2.96. The standard InChI is InChI=1S/C13H18N2O3S/c1-15(11-4-2-3-5-11)13(16)10-6-8-12(9-7-10)19(14,17)18/h6-9,11H,2-5H2,1H3,(H2,14,17,18). The number of benzene rings is 1. The smallest absolute Gasteiger partial charge is 0.253 e. The van der Waals surface area contributed by atoms with Crippen molar-refractivity contribution in [1.82, 2.24) is 4.90 Å². The van der Waals surface area contributed by atoms with Gasteiger partial charge in [-0.2, -0.15) is 0 Å². The van der Waals surface area contributed by atoms with Crippen LogP contribution >= 0.6 is 0 Å². The fourth-order valence-electron chi connectivity index (χ4n) is 2.45. The number of carbonyl (C=O) groups is 1. The Kier molecular flexibility index (Phi) is 3.91. The second kappa shape index (κ2) is 5.30. The van der Waals surface area contributed by atoms with Crippen LogP contribution in [0.5, 0.6) is 0 Å². The first-order valence-corrected chi connectivity index (χ1v) is 7.84. The van der Waals surface area contributed by atoms with Gasteiger partial charge in [-0.15, -0.1) is 0 Å². The van der Waals surface area contributed by atoms with E-state index in [0.717, 1.165) is 25.7 Å². The zero-order chi connectivity index (χ0) is 14.0. The molecule has 19 heavy (non-hydrogen) atoms. The zero-order valence-electron chi connectivity index (χ0n) is 10.9. The molecule has 0 unspecified atom stereocenters. The van der Waals surface area contributed by atoms with Gasteiger partial charge in [-0.1, -0.05) is 12.8 Å². The molecular formula is C13H18N2O3S. The molecule has 0 heterocycles. The lowest BCUT2D eigenvalue weighted by atomic mass is 10.1. The summed E-state index contributed by atoms with van der Waals surface area (Å²) in [6.45, 7) is 0. The fraction of sp³-hybridized carbons (Fsp3) is 0.462. The Morgan fingerprint density at radius 1 is 1.21 bits per heavy atom. The van der Waals surface area contributed by atoms with Gasteiger partial charge in [0.05, 0.1) is 4.90 Å². The molecule has 104 valence electrons. The van der Waals surface area contributed by atoms with Gasteiger partial charge >= 0.3 is 0 Å². The highest BCUT2D eigenvalue weighted by Gasteiger charge is 2.24. The van der Waals surface area contributed by atoms with E-state index in [1.807, 2.05) is 0 Å². The number of amides is 1. The molecule has 2 rings (SSSR count). The van der Waals surface area contributed by atoms with Crippen molar-refractivity contribution in [3.8, 4) is 0 Å². The van der Waals surface area contributed by atoms with E-state index < -0.39 is 10.0 Å². The molecule has 2 N–H and O–H groups in total. The van der Waals surface area contributed by atoms with Crippen LogP contribution in [0.25, 0.3) is 0 Å². The minimum Gasteiger partial charge on any atom is -0.339 e. The molecule has 0 radical (unpaired) electrons. The van der Waals surface area contributed by atoms with Gasteiger partial charge in [-0.05, 0) is 37.1 Å². The minimum atomic E-state index is -3.71. The molecule has 1 aromatic rings. The maximum absolute atomic E-state index is 12.2. The van der Waals surface area contributed by atoms with Crippen LogP contribution in [-0.4, -0.2) is 32.3 Å². The van der Waals surface area contributed by atoms with Crippen molar-refractivity contribution in [3.05, 3.63) is 29.8 Å². The van der Waals surface area contributed by atoms with Crippen LogP contribution in [0.4, 0.5) is 0 Å². The quantitative estimate of drug-likeness (QED) is 0.908. The number of primary sulfonamides is 1. The van der Waals surface area contributed by atoms with Crippen molar-refractivity contribution in [2.75, 3.05) is 7.05 Å². The van der Waals surface area contributed by atoms with E-state index in [2.05, 4.69) is 0 Å². The second-order valence-electron chi connectivity index (χ2n) is 4.92. The van der Waals surface area contributed by atoms with Crippen LogP contribution < -0.4 is 5.14 Å². The Bertz CT molecular complexity index is 560. The molecule has 1 amide bonds. The highest BCUT2D eigenvalue weighted by Crippen LogP contribution is 2.23. The summed E-state index contributed by atoms with van der Waals surface area (Å²) in [5.41, 5.74) is 0.488. The largest absolute Gasteiger partial charge is 0.339 e. The summed E-state index contributed by atoms with van der Waals surface area (Å²) < 4.78 is 22.3. The van der Waals surface area contributed by atoms with Gasteiger partial charge in [0.1, 0.15) is 0 Å². The monoisotopic (exact) mass is 282 g/mol. The molecule has 1 aliphatic rings. The lowest BCUT2D eigenvalue weighted by molar-refractivity contribution is 0.0735. The molecule has 1 aliphatic carbocycles. The van der Waals surface area contributed by atoms with E-state index in [1.165, 1.54) is 24.3 Å². The van der Waals surface area contributed by atoms with E-state index in [-0.39, 0.29) is 10.8 Å². The van der Waals surface area contributed by atoms with E-state index in [0.29, 0.717) is 11.6 Å². The summed E-state index contributed by atoms with van der Waals surface area (Å²) in [7, 11) is -1.91. The predicted molar refractivity (Wildman–Crippen MR) is 72.2 cm³/mol. The molecule has 0 saturated heterocycles. The van der Waals surface area contributed by atoms with Crippen molar-refractivity contribution >= 4 is 15.9 Å². The molecule has 0 bridgehead atoms. The maximum atomic E-state index is 12.2. The first-order valence-electron chi connectivity index (χ1n) is 6.29. The summed E-state index contributed by atoms with van der Waals surface area (Å²) in [5.74, 6) is -0.0760. The number of nitrogens with zero attached hydrogens (tertiary/aromatic N) is 1. The Morgan fingerprint density at radius 2 is 1.74 bits per heavy atom. The minimum absolute atomic E-state index is 0.0209. The molecule has 5 nitrogen and oxygen atoms in total. The Hall–Kier alpha value is -1.40. The van der Waals surface area contributed by atoms with Gasteiger partial charge in [-0.25, -0.2) is 13.6 Å². The highest BCUT2D eigenvalue weighted by atomic mass is 32.2. The summed E-state index contributed by atoms with van der Waals surface area (Å²) in [6, 6.07) is 6.04. The van der Waals surface area contributed by atoms with Crippen LogP contribution in [0.15, 0.2) is 29.2 Å². The van der Waals surface area contributed by atoms with Gasteiger partial charge < -0.3 is 4.90 Å². The Morgan fingerprint density at radius 3 is 2.21 bits per heavy atom. The molecular weight excluding hydrogens is 264 g/mol. The molecule has 1 saturated carbocycles. The number of nitrogens with two attached hydrogens (primary N) is 1. The average Bonchev–Trinajstić information content (AvgIpc) is 2.90. The van der Waals surface area contributed by atoms with Crippen molar-refractivity contribution < 1.29 is 13.2 Å². The van der Waals surface area contributed by atoms with E-state index >= 15 is 0 Å². The van der Waals surface area contributed by atoms with Gasteiger partial charge in [0, 0.05) is 18.7 Å². The number of hydrogen-bond donors (Lipinski definition) is 1. The predicted octanol–water partition coefficient (Wildman–Crippen LogP) is 1.35. The van der Waals surface area contributed by atoms with E-state index in [1.54, 1.807) is 11.9 Å². The number of sulfonamides is 1. The first-order chi connectivity index (χ1) is 8.89. The van der Waals surface area contributed by atoms with Gasteiger partial charge in [0.25, 0.3) is 5.91 Å². The van der Waals surface area contributed by atoms with Crippen LogP contribution in [-0.2, 0) is 10.0 Å². The average molecular weight is 282 g/mol. The normalized spacial score (nSPS) is 16.5. The molecule has 0 spiro atoms. The van der Waals surface area contributed by atoms with Crippen molar-refractivity contribution in [1.29, 1.82) is 0 Å². The summed E-state index contributed by atoms with van der Waals surface area (Å²) in [6.07, 6.45) is 4.40. The van der Waals surface area contributed by atoms with Crippen LogP contribution in [0.3, 0.4) is 0 Å². The first kappa shape index (κ1) is 14.0. The van der Waals surface area contributed by atoms with Crippen molar-refractivity contribution in [2.24, 2.45) is 5.14 Å². The molecule has 0 aliphatic heterocycles. The molecule has 6 heteroatoms. The number of hydrogen-bond acceptors (Lipinski definition) is 3. The van der Waals surface area contributed by atoms with Gasteiger partial charge in [0.2, 0.25) is 10.0 Å². The summed E-state index contributed by atoms with van der Waals surface area (Å²) >= 11 is 0. The SMILES string of the molecule is CN(C(=O)c1ccc(S(N)(=O)=O)cc1)C1CCCC1. The summed E-state index contributed by atoms with van der Waals surface area (Å²) in [4.78, 5) is 14.0. The van der Waals surface area contributed by atoms with Crippen LogP contribution in [0.1, 0.15) is 36.0 Å².